The van der Waals surface area contributed by atoms with E-state index in [-0.39, 0.29) is 0 Å². The summed E-state index contributed by atoms with van der Waals surface area (Å²) in [6, 6.07) is 3.43. The first-order valence-electron chi connectivity index (χ1n) is 3.99. The standard InChI is InChI=1S/C10H11Cl2N/c1-3-6(2)9-7(11)4-5-8(13)10(9)12/h4-5H,2-3,13H2,1H3. The van der Waals surface area contributed by atoms with Gasteiger partial charge in [-0.3, -0.25) is 0 Å². The minimum atomic E-state index is 0.499. The normalized spacial score (nSPS) is 10.1. The number of benzene rings is 1. The summed E-state index contributed by atoms with van der Waals surface area (Å²) in [5.74, 6) is 0. The van der Waals surface area contributed by atoms with Gasteiger partial charge in [0.2, 0.25) is 0 Å². The number of hydrogen-bond donors (Lipinski definition) is 1. The van der Waals surface area contributed by atoms with Gasteiger partial charge in [-0.1, -0.05) is 36.7 Å². The largest absolute Gasteiger partial charge is 0.398 e. The van der Waals surface area contributed by atoms with Gasteiger partial charge in [0.05, 0.1) is 10.7 Å². The van der Waals surface area contributed by atoms with Gasteiger partial charge in [-0.15, -0.1) is 0 Å². The van der Waals surface area contributed by atoms with Crippen molar-refractivity contribution in [1.82, 2.24) is 0 Å². The number of nitrogen functional groups attached to an aromatic ring is 1. The van der Waals surface area contributed by atoms with E-state index in [9.17, 15) is 0 Å². The molecule has 70 valence electrons. The minimum absolute atomic E-state index is 0.499. The summed E-state index contributed by atoms with van der Waals surface area (Å²) < 4.78 is 0. The third-order valence-corrected chi connectivity index (χ3v) is 2.62. The maximum Gasteiger partial charge on any atom is 0.0725 e. The number of hydrogen-bond acceptors (Lipinski definition) is 1. The molecule has 0 spiro atoms. The van der Waals surface area contributed by atoms with E-state index >= 15 is 0 Å². The van der Waals surface area contributed by atoms with Crippen LogP contribution in [0.4, 0.5) is 5.69 Å². The predicted molar refractivity (Wildman–Crippen MR) is 60.2 cm³/mol. The van der Waals surface area contributed by atoms with Crippen LogP contribution in [-0.2, 0) is 0 Å². The number of allylic oxidation sites excluding steroid dienone is 1. The fourth-order valence-electron chi connectivity index (χ4n) is 1.07. The molecule has 0 unspecified atom stereocenters. The second-order valence-corrected chi connectivity index (χ2v) is 3.57. The first-order valence-corrected chi connectivity index (χ1v) is 4.75. The molecule has 0 aromatic heterocycles. The zero-order chi connectivity index (χ0) is 10.0. The molecular weight excluding hydrogens is 205 g/mol. The van der Waals surface area contributed by atoms with Gasteiger partial charge < -0.3 is 5.73 Å². The van der Waals surface area contributed by atoms with Crippen LogP contribution in [-0.4, -0.2) is 0 Å². The molecule has 2 N–H and O–H groups in total. The summed E-state index contributed by atoms with van der Waals surface area (Å²) >= 11 is 12.0. The van der Waals surface area contributed by atoms with Crippen molar-refractivity contribution in [2.24, 2.45) is 0 Å². The Hall–Kier alpha value is -0.660. The molecule has 0 amide bonds. The average Bonchev–Trinajstić information content (AvgIpc) is 2.12. The summed E-state index contributed by atoms with van der Waals surface area (Å²) in [4.78, 5) is 0. The number of anilines is 1. The van der Waals surface area contributed by atoms with E-state index in [4.69, 9.17) is 28.9 Å². The van der Waals surface area contributed by atoms with E-state index in [2.05, 4.69) is 6.58 Å². The lowest BCUT2D eigenvalue weighted by Crippen LogP contribution is -1.92. The zero-order valence-corrected chi connectivity index (χ0v) is 8.91. The third-order valence-electron chi connectivity index (χ3n) is 1.90. The van der Waals surface area contributed by atoms with E-state index in [0.29, 0.717) is 15.7 Å². The van der Waals surface area contributed by atoms with Gasteiger partial charge in [0.25, 0.3) is 0 Å². The summed E-state index contributed by atoms with van der Waals surface area (Å²) in [5.41, 5.74) is 7.86. The molecule has 1 aromatic carbocycles. The highest BCUT2D eigenvalue weighted by atomic mass is 35.5. The first-order chi connectivity index (χ1) is 6.07. The molecule has 3 heteroatoms. The summed E-state index contributed by atoms with van der Waals surface area (Å²) in [6.45, 7) is 5.88. The molecule has 0 aliphatic carbocycles. The van der Waals surface area contributed by atoms with Crippen molar-refractivity contribution >= 4 is 34.5 Å². The molecule has 0 heterocycles. The van der Waals surface area contributed by atoms with Gasteiger partial charge in [-0.25, -0.2) is 0 Å². The van der Waals surface area contributed by atoms with Crippen molar-refractivity contribution in [2.45, 2.75) is 13.3 Å². The maximum atomic E-state index is 6.00. The average molecular weight is 216 g/mol. The molecule has 0 atom stereocenters. The van der Waals surface area contributed by atoms with Crippen molar-refractivity contribution in [3.8, 4) is 0 Å². The van der Waals surface area contributed by atoms with Gasteiger partial charge in [-0.2, -0.15) is 0 Å². The fourth-order valence-corrected chi connectivity index (χ4v) is 1.71. The van der Waals surface area contributed by atoms with E-state index in [1.165, 1.54) is 0 Å². The van der Waals surface area contributed by atoms with Crippen LogP contribution in [0.1, 0.15) is 18.9 Å². The number of halogens is 2. The number of nitrogens with two attached hydrogens (primary N) is 1. The Morgan fingerprint density at radius 2 is 2.08 bits per heavy atom. The highest BCUT2D eigenvalue weighted by molar-refractivity contribution is 6.39. The van der Waals surface area contributed by atoms with E-state index in [1.807, 2.05) is 6.92 Å². The second-order valence-electron chi connectivity index (χ2n) is 2.78. The van der Waals surface area contributed by atoms with E-state index < -0.39 is 0 Å². The van der Waals surface area contributed by atoms with Gasteiger partial charge in [-0.05, 0) is 24.1 Å². The quantitative estimate of drug-likeness (QED) is 0.743. The fraction of sp³-hybridized carbons (Fsp3) is 0.200. The van der Waals surface area contributed by atoms with Crippen molar-refractivity contribution in [3.05, 3.63) is 34.3 Å². The van der Waals surface area contributed by atoms with Crippen molar-refractivity contribution in [2.75, 3.05) is 5.73 Å². The lowest BCUT2D eigenvalue weighted by atomic mass is 10.0. The van der Waals surface area contributed by atoms with Crippen LogP contribution in [0.15, 0.2) is 18.7 Å². The molecule has 0 aliphatic heterocycles. The Labute approximate surface area is 88.1 Å². The van der Waals surface area contributed by atoms with Crippen LogP contribution in [0.5, 0.6) is 0 Å². The Morgan fingerprint density at radius 3 is 2.62 bits per heavy atom. The van der Waals surface area contributed by atoms with Crippen LogP contribution in [0.25, 0.3) is 5.57 Å². The van der Waals surface area contributed by atoms with Crippen LogP contribution >= 0.6 is 23.2 Å². The minimum Gasteiger partial charge on any atom is -0.398 e. The molecule has 0 fully saturated rings. The lowest BCUT2D eigenvalue weighted by molar-refractivity contribution is 1.25. The highest BCUT2D eigenvalue weighted by Crippen LogP contribution is 2.35. The van der Waals surface area contributed by atoms with Crippen molar-refractivity contribution in [1.29, 1.82) is 0 Å². The Bertz CT molecular complexity index is 345. The summed E-state index contributed by atoms with van der Waals surface area (Å²) in [6.07, 6.45) is 0.808. The molecule has 1 aromatic rings. The van der Waals surface area contributed by atoms with Gasteiger partial charge in [0, 0.05) is 10.6 Å². The molecule has 0 saturated carbocycles. The van der Waals surface area contributed by atoms with Crippen LogP contribution in [0, 0.1) is 0 Å². The van der Waals surface area contributed by atoms with Crippen LogP contribution in [0.2, 0.25) is 10.0 Å². The monoisotopic (exact) mass is 215 g/mol. The Balaban J connectivity index is 3.33. The maximum absolute atomic E-state index is 6.00. The lowest BCUT2D eigenvalue weighted by Gasteiger charge is -2.09. The van der Waals surface area contributed by atoms with Gasteiger partial charge in [0.1, 0.15) is 0 Å². The van der Waals surface area contributed by atoms with Crippen molar-refractivity contribution < 1.29 is 0 Å². The molecule has 0 radical (unpaired) electrons. The molecule has 0 aliphatic rings. The number of rotatable bonds is 2. The first kappa shape index (κ1) is 10.4. The zero-order valence-electron chi connectivity index (χ0n) is 7.40. The summed E-state index contributed by atoms with van der Waals surface area (Å²) in [5, 5.41) is 1.10. The Morgan fingerprint density at radius 1 is 1.46 bits per heavy atom. The van der Waals surface area contributed by atoms with Crippen LogP contribution in [0.3, 0.4) is 0 Å². The Kier molecular flexibility index (Phi) is 3.23. The molecule has 1 rings (SSSR count). The SMILES string of the molecule is C=C(CC)c1c(Cl)ccc(N)c1Cl. The van der Waals surface area contributed by atoms with E-state index in [0.717, 1.165) is 17.6 Å². The third kappa shape index (κ3) is 1.98. The topological polar surface area (TPSA) is 26.0 Å². The smallest absolute Gasteiger partial charge is 0.0725 e. The van der Waals surface area contributed by atoms with Gasteiger partial charge in [0.15, 0.2) is 0 Å². The van der Waals surface area contributed by atoms with E-state index in [1.54, 1.807) is 12.1 Å². The molecular formula is C10H11Cl2N. The molecule has 0 bridgehead atoms. The van der Waals surface area contributed by atoms with Gasteiger partial charge >= 0.3 is 0 Å². The summed E-state index contributed by atoms with van der Waals surface area (Å²) in [7, 11) is 0. The molecule has 0 saturated heterocycles. The highest BCUT2D eigenvalue weighted by Gasteiger charge is 2.10. The second kappa shape index (κ2) is 4.03. The van der Waals surface area contributed by atoms with Crippen LogP contribution < -0.4 is 5.73 Å². The van der Waals surface area contributed by atoms with Crippen molar-refractivity contribution in [3.63, 3.8) is 0 Å². The molecule has 1 nitrogen and oxygen atoms in total. The predicted octanol–water partition coefficient (Wildman–Crippen LogP) is 4.00. The molecule has 13 heavy (non-hydrogen) atoms.